The van der Waals surface area contributed by atoms with Crippen molar-refractivity contribution in [2.75, 3.05) is 6.61 Å². The molecular formula is C28H26Cl2N2O4. The summed E-state index contributed by atoms with van der Waals surface area (Å²) in [5, 5.41) is 12.0. The molecule has 1 aliphatic heterocycles. The van der Waals surface area contributed by atoms with Crippen molar-refractivity contribution in [1.82, 2.24) is 9.88 Å². The fourth-order valence-electron chi connectivity index (χ4n) is 4.13. The fourth-order valence-corrected chi connectivity index (χ4v) is 4.43. The molecule has 0 bridgehead atoms. The molecule has 4 rings (SSSR count). The highest BCUT2D eigenvalue weighted by atomic mass is 35.5. The molecule has 36 heavy (non-hydrogen) atoms. The Morgan fingerprint density at radius 2 is 1.78 bits per heavy atom. The lowest BCUT2D eigenvalue weighted by Crippen LogP contribution is -2.29. The summed E-state index contributed by atoms with van der Waals surface area (Å²) >= 11 is 12.4. The van der Waals surface area contributed by atoms with Crippen molar-refractivity contribution in [1.29, 1.82) is 0 Å². The van der Waals surface area contributed by atoms with E-state index in [0.29, 0.717) is 34.4 Å². The fraction of sp³-hybridized carbons (Fsp3) is 0.250. The van der Waals surface area contributed by atoms with Gasteiger partial charge in [-0.15, -0.1) is 0 Å². The number of aliphatic hydroxyl groups excluding tert-OH is 1. The van der Waals surface area contributed by atoms with Crippen LogP contribution in [0.4, 0.5) is 0 Å². The van der Waals surface area contributed by atoms with Crippen molar-refractivity contribution >= 4 is 40.7 Å². The van der Waals surface area contributed by atoms with Crippen LogP contribution in [0.3, 0.4) is 0 Å². The normalized spacial score (nSPS) is 17.2. The number of aryl methyl sites for hydroxylation is 1. The minimum atomic E-state index is -0.856. The third kappa shape index (κ3) is 5.25. The number of likely N-dealkylation sites (tertiary alicyclic amines) is 1. The molecule has 1 unspecified atom stereocenters. The SMILES string of the molecule is Cc1cc(/C(O)=C2/C(=O)C(=O)N(Cc3ccncc3)C2c2ccc(Cl)c(Cl)c2)ccc1OCC(C)C. The van der Waals surface area contributed by atoms with Crippen LogP contribution in [0.2, 0.25) is 10.0 Å². The smallest absolute Gasteiger partial charge is 0.295 e. The third-order valence-corrected chi connectivity index (χ3v) is 6.66. The predicted octanol–water partition coefficient (Wildman–Crippen LogP) is 6.35. The molecule has 2 aromatic carbocycles. The van der Waals surface area contributed by atoms with Gasteiger partial charge in [0.15, 0.2) is 0 Å². The first-order valence-corrected chi connectivity index (χ1v) is 12.3. The lowest BCUT2D eigenvalue weighted by molar-refractivity contribution is -0.140. The molecule has 1 amide bonds. The van der Waals surface area contributed by atoms with Gasteiger partial charge in [-0.05, 0) is 72.0 Å². The Balaban J connectivity index is 1.81. The highest BCUT2D eigenvalue weighted by Crippen LogP contribution is 2.42. The van der Waals surface area contributed by atoms with Gasteiger partial charge in [-0.3, -0.25) is 14.6 Å². The standard InChI is InChI=1S/C28H26Cl2N2O4/c1-16(2)15-36-23-7-5-20(12-17(23)3)26(33)24-25(19-4-6-21(29)22(30)13-19)32(28(35)27(24)34)14-18-8-10-31-11-9-18/h4-13,16,25,33H,14-15H2,1-3H3/b26-24-. The molecule has 1 N–H and O–H groups in total. The maximum Gasteiger partial charge on any atom is 0.295 e. The van der Waals surface area contributed by atoms with E-state index in [0.717, 1.165) is 11.1 Å². The quantitative estimate of drug-likeness (QED) is 0.221. The van der Waals surface area contributed by atoms with Gasteiger partial charge in [0.05, 0.1) is 28.3 Å². The Morgan fingerprint density at radius 1 is 1.06 bits per heavy atom. The van der Waals surface area contributed by atoms with E-state index in [2.05, 4.69) is 18.8 Å². The molecule has 186 valence electrons. The molecule has 1 atom stereocenters. The van der Waals surface area contributed by atoms with Crippen LogP contribution in [0.5, 0.6) is 5.75 Å². The molecule has 1 aliphatic rings. The Kier molecular flexibility index (Phi) is 7.67. The highest BCUT2D eigenvalue weighted by molar-refractivity contribution is 6.46. The van der Waals surface area contributed by atoms with E-state index >= 15 is 0 Å². The van der Waals surface area contributed by atoms with Crippen molar-refractivity contribution in [3.8, 4) is 5.75 Å². The van der Waals surface area contributed by atoms with Gasteiger partial charge in [0.1, 0.15) is 11.5 Å². The van der Waals surface area contributed by atoms with E-state index in [1.807, 2.05) is 6.92 Å². The summed E-state index contributed by atoms with van der Waals surface area (Å²) < 4.78 is 5.84. The first kappa shape index (κ1) is 25.7. The molecule has 2 heterocycles. The predicted molar refractivity (Wildman–Crippen MR) is 140 cm³/mol. The molecule has 3 aromatic rings. The average molecular weight is 525 g/mol. The molecule has 1 saturated heterocycles. The van der Waals surface area contributed by atoms with Crippen molar-refractivity contribution in [3.05, 3.63) is 98.8 Å². The van der Waals surface area contributed by atoms with Crippen LogP contribution in [0.25, 0.3) is 5.76 Å². The Morgan fingerprint density at radius 3 is 2.42 bits per heavy atom. The number of ketones is 1. The number of halogens is 2. The summed E-state index contributed by atoms with van der Waals surface area (Å²) in [7, 11) is 0. The summed E-state index contributed by atoms with van der Waals surface area (Å²) in [5.41, 5.74) is 2.56. The summed E-state index contributed by atoms with van der Waals surface area (Å²) in [6.45, 7) is 6.69. The highest BCUT2D eigenvalue weighted by Gasteiger charge is 2.46. The number of Topliss-reactive ketones (excluding diaryl/α,β-unsaturated/α-hetero) is 1. The van der Waals surface area contributed by atoms with Crippen LogP contribution >= 0.6 is 23.2 Å². The minimum absolute atomic E-state index is 0.0114. The molecule has 0 saturated carbocycles. The zero-order valence-electron chi connectivity index (χ0n) is 20.2. The maximum absolute atomic E-state index is 13.3. The summed E-state index contributed by atoms with van der Waals surface area (Å²) in [5.74, 6) is -0.687. The third-order valence-electron chi connectivity index (χ3n) is 5.92. The summed E-state index contributed by atoms with van der Waals surface area (Å²) in [6.07, 6.45) is 3.23. The van der Waals surface area contributed by atoms with Gasteiger partial charge in [-0.1, -0.05) is 43.1 Å². The Labute approximate surface area is 220 Å². The number of amides is 1. The first-order valence-electron chi connectivity index (χ1n) is 11.5. The minimum Gasteiger partial charge on any atom is -0.507 e. The van der Waals surface area contributed by atoms with Crippen LogP contribution in [-0.4, -0.2) is 33.3 Å². The molecule has 0 spiro atoms. The van der Waals surface area contributed by atoms with Gasteiger partial charge in [0.25, 0.3) is 11.7 Å². The largest absolute Gasteiger partial charge is 0.507 e. The zero-order valence-corrected chi connectivity index (χ0v) is 21.7. The monoisotopic (exact) mass is 524 g/mol. The lowest BCUT2D eigenvalue weighted by atomic mass is 9.94. The lowest BCUT2D eigenvalue weighted by Gasteiger charge is -2.25. The number of rotatable bonds is 7. The van der Waals surface area contributed by atoms with Gasteiger partial charge in [-0.25, -0.2) is 0 Å². The molecule has 1 fully saturated rings. The van der Waals surface area contributed by atoms with Crippen molar-refractivity contribution in [2.45, 2.75) is 33.4 Å². The van der Waals surface area contributed by atoms with Crippen molar-refractivity contribution < 1.29 is 19.4 Å². The van der Waals surface area contributed by atoms with Crippen LogP contribution in [0, 0.1) is 12.8 Å². The number of aromatic nitrogens is 1. The molecule has 0 radical (unpaired) electrons. The second-order valence-corrected chi connectivity index (χ2v) is 9.96. The number of aliphatic hydroxyl groups is 1. The molecular weight excluding hydrogens is 499 g/mol. The van der Waals surface area contributed by atoms with E-state index < -0.39 is 17.7 Å². The van der Waals surface area contributed by atoms with Gasteiger partial charge in [-0.2, -0.15) is 0 Å². The topological polar surface area (TPSA) is 79.7 Å². The number of hydrogen-bond acceptors (Lipinski definition) is 5. The number of benzene rings is 2. The number of ether oxygens (including phenoxy) is 1. The number of carbonyl (C=O) groups is 2. The maximum atomic E-state index is 13.3. The van der Waals surface area contributed by atoms with Gasteiger partial charge in [0, 0.05) is 24.5 Å². The van der Waals surface area contributed by atoms with Gasteiger partial charge < -0.3 is 14.7 Å². The van der Waals surface area contributed by atoms with E-state index in [-0.39, 0.29) is 22.9 Å². The van der Waals surface area contributed by atoms with Crippen LogP contribution in [0.15, 0.2) is 66.5 Å². The Bertz CT molecular complexity index is 1340. The number of hydrogen-bond donors (Lipinski definition) is 1. The van der Waals surface area contributed by atoms with Crippen LogP contribution in [0.1, 0.15) is 42.1 Å². The zero-order chi connectivity index (χ0) is 26.0. The number of nitrogens with zero attached hydrogens (tertiary/aromatic N) is 2. The molecule has 6 nitrogen and oxygen atoms in total. The molecule has 8 heteroatoms. The molecule has 0 aliphatic carbocycles. The molecule has 1 aromatic heterocycles. The van der Waals surface area contributed by atoms with Crippen molar-refractivity contribution in [2.24, 2.45) is 5.92 Å². The second kappa shape index (κ2) is 10.7. The second-order valence-electron chi connectivity index (χ2n) is 9.14. The van der Waals surface area contributed by atoms with Crippen LogP contribution < -0.4 is 4.74 Å². The van der Waals surface area contributed by atoms with E-state index in [1.54, 1.807) is 60.9 Å². The summed E-state index contributed by atoms with van der Waals surface area (Å²) in [4.78, 5) is 31.9. The summed E-state index contributed by atoms with van der Waals surface area (Å²) in [6, 6.07) is 12.8. The van der Waals surface area contributed by atoms with Gasteiger partial charge >= 0.3 is 0 Å². The number of pyridine rings is 1. The number of carbonyl (C=O) groups excluding carboxylic acids is 2. The van der Waals surface area contributed by atoms with Gasteiger partial charge in [0.2, 0.25) is 0 Å². The average Bonchev–Trinajstić information content (AvgIpc) is 3.10. The Hall–Kier alpha value is -3.35. The van der Waals surface area contributed by atoms with E-state index in [4.69, 9.17) is 27.9 Å². The van der Waals surface area contributed by atoms with E-state index in [1.165, 1.54) is 4.90 Å². The van der Waals surface area contributed by atoms with Crippen molar-refractivity contribution in [3.63, 3.8) is 0 Å². The van der Waals surface area contributed by atoms with E-state index in [9.17, 15) is 14.7 Å². The van der Waals surface area contributed by atoms with Crippen LogP contribution in [-0.2, 0) is 16.1 Å². The first-order chi connectivity index (χ1) is 17.2.